The van der Waals surface area contributed by atoms with Crippen molar-refractivity contribution in [1.82, 2.24) is 0 Å². The summed E-state index contributed by atoms with van der Waals surface area (Å²) in [5, 5.41) is 3.40. The molecule has 0 N–H and O–H groups in total. The van der Waals surface area contributed by atoms with Gasteiger partial charge in [0.1, 0.15) is 8.07 Å². The number of hydrogen-bond acceptors (Lipinski definition) is 4. The largest absolute Gasteiger partial charge is 0.346 e. The molecule has 0 atom stereocenters. The minimum atomic E-state index is -1.42. The lowest BCUT2D eigenvalue weighted by Crippen LogP contribution is -2.42. The van der Waals surface area contributed by atoms with Crippen molar-refractivity contribution in [3.05, 3.63) is 47.3 Å². The van der Waals surface area contributed by atoms with Crippen LogP contribution >= 0.6 is 23.1 Å². The van der Waals surface area contributed by atoms with Crippen molar-refractivity contribution in [1.29, 1.82) is 0 Å². The number of thioether (sulfide) groups is 1. The summed E-state index contributed by atoms with van der Waals surface area (Å²) in [6.45, 7) is 6.30. The monoisotopic (exact) mass is 336 g/mol. The van der Waals surface area contributed by atoms with Crippen LogP contribution in [-0.4, -0.2) is 26.7 Å². The first-order valence-corrected chi connectivity index (χ1v) is 12.2. The standard InChI is InChI=1S/C16H20O2S2Si/c1-21(2,12-20-14-6-4-3-5-7-14)15-10-13(11-19-15)16-17-8-9-18-16/h3-7,10-11,16H,8-9,12H2,1-2H3. The second-order valence-corrected chi connectivity index (χ2v) is 13.3. The molecule has 0 unspecified atom stereocenters. The highest BCUT2D eigenvalue weighted by Crippen LogP contribution is 2.27. The molecule has 1 saturated heterocycles. The van der Waals surface area contributed by atoms with Crippen molar-refractivity contribution in [2.75, 3.05) is 18.6 Å². The maximum atomic E-state index is 5.59. The second kappa shape index (κ2) is 6.67. The summed E-state index contributed by atoms with van der Waals surface area (Å²) in [6, 6.07) is 13.0. The molecule has 0 spiro atoms. The highest BCUT2D eigenvalue weighted by molar-refractivity contribution is 8.01. The average molecular weight is 337 g/mol. The molecule has 5 heteroatoms. The van der Waals surface area contributed by atoms with Crippen LogP contribution in [0.5, 0.6) is 0 Å². The zero-order chi connectivity index (χ0) is 14.7. The van der Waals surface area contributed by atoms with Gasteiger partial charge < -0.3 is 9.47 Å². The fourth-order valence-electron chi connectivity index (χ4n) is 2.23. The summed E-state index contributed by atoms with van der Waals surface area (Å²) in [5.74, 6) is 0. The molecule has 1 fully saturated rings. The van der Waals surface area contributed by atoms with Crippen LogP contribution in [0.1, 0.15) is 11.9 Å². The summed E-state index contributed by atoms with van der Waals surface area (Å²) >= 11 is 3.84. The Kier molecular flexibility index (Phi) is 4.86. The van der Waals surface area contributed by atoms with E-state index in [0.717, 1.165) is 0 Å². The van der Waals surface area contributed by atoms with E-state index in [4.69, 9.17) is 9.47 Å². The maximum absolute atomic E-state index is 5.59. The van der Waals surface area contributed by atoms with Crippen LogP contribution in [0.2, 0.25) is 13.1 Å². The van der Waals surface area contributed by atoms with Gasteiger partial charge in [-0.15, -0.1) is 11.8 Å². The van der Waals surface area contributed by atoms with Crippen LogP contribution in [0.15, 0.2) is 46.7 Å². The third-order valence-corrected chi connectivity index (χ3v) is 11.8. The van der Waals surface area contributed by atoms with Crippen molar-refractivity contribution >= 4 is 35.7 Å². The molecular formula is C16H20O2S2Si. The van der Waals surface area contributed by atoms with Gasteiger partial charge in [-0.3, -0.25) is 0 Å². The predicted molar refractivity (Wildman–Crippen MR) is 93.2 cm³/mol. The molecule has 2 heterocycles. The average Bonchev–Trinajstić information content (AvgIpc) is 3.17. The Bertz CT molecular complexity index is 577. The Labute approximate surface area is 135 Å². The normalized spacial score (nSPS) is 16.5. The topological polar surface area (TPSA) is 18.5 Å². The van der Waals surface area contributed by atoms with Gasteiger partial charge in [-0.05, 0) is 33.5 Å². The van der Waals surface area contributed by atoms with E-state index < -0.39 is 8.07 Å². The second-order valence-electron chi connectivity index (χ2n) is 5.80. The minimum Gasteiger partial charge on any atom is -0.346 e. The SMILES string of the molecule is C[Si](C)(CSc1ccccc1)c1cc(C2OCCO2)cs1. The van der Waals surface area contributed by atoms with Crippen molar-refractivity contribution in [2.45, 2.75) is 24.3 Å². The van der Waals surface area contributed by atoms with E-state index in [0.29, 0.717) is 13.2 Å². The fourth-order valence-corrected chi connectivity index (χ4v) is 8.45. The summed E-state index contributed by atoms with van der Waals surface area (Å²) in [6.07, 6.45) is -0.137. The lowest BCUT2D eigenvalue weighted by Gasteiger charge is -2.20. The predicted octanol–water partition coefficient (Wildman–Crippen LogP) is 4.04. The zero-order valence-electron chi connectivity index (χ0n) is 12.4. The van der Waals surface area contributed by atoms with Crippen LogP contribution < -0.4 is 4.50 Å². The quantitative estimate of drug-likeness (QED) is 0.606. The lowest BCUT2D eigenvalue weighted by molar-refractivity contribution is -0.0437. The molecule has 2 aromatic rings. The number of rotatable bonds is 5. The van der Waals surface area contributed by atoms with Gasteiger partial charge in [-0.1, -0.05) is 31.3 Å². The Morgan fingerprint density at radius 1 is 1.19 bits per heavy atom. The Morgan fingerprint density at radius 3 is 2.62 bits per heavy atom. The molecule has 3 rings (SSSR count). The Morgan fingerprint density at radius 2 is 1.90 bits per heavy atom. The molecule has 1 aliphatic rings. The molecule has 0 radical (unpaired) electrons. The number of ether oxygens (including phenoxy) is 2. The highest BCUT2D eigenvalue weighted by atomic mass is 32.2. The van der Waals surface area contributed by atoms with E-state index in [1.165, 1.54) is 20.3 Å². The molecule has 1 aromatic heterocycles. The number of benzene rings is 1. The van der Waals surface area contributed by atoms with E-state index in [9.17, 15) is 0 Å². The summed E-state index contributed by atoms with van der Waals surface area (Å²) in [5.41, 5.74) is 1.19. The summed E-state index contributed by atoms with van der Waals surface area (Å²) in [4.78, 5) is 1.36. The molecule has 0 bridgehead atoms. The zero-order valence-corrected chi connectivity index (χ0v) is 15.0. The van der Waals surface area contributed by atoms with Crippen molar-refractivity contribution in [2.24, 2.45) is 0 Å². The first-order chi connectivity index (χ1) is 10.1. The van der Waals surface area contributed by atoms with Gasteiger partial charge in [0.15, 0.2) is 6.29 Å². The molecule has 1 aliphatic heterocycles. The van der Waals surface area contributed by atoms with E-state index in [2.05, 4.69) is 54.9 Å². The minimum absolute atomic E-state index is 0.137. The third-order valence-electron chi connectivity index (χ3n) is 3.52. The molecule has 21 heavy (non-hydrogen) atoms. The molecule has 2 nitrogen and oxygen atoms in total. The van der Waals surface area contributed by atoms with E-state index >= 15 is 0 Å². The van der Waals surface area contributed by atoms with Gasteiger partial charge in [0.25, 0.3) is 0 Å². The highest BCUT2D eigenvalue weighted by Gasteiger charge is 2.28. The summed E-state index contributed by atoms with van der Waals surface area (Å²) < 4.78 is 12.7. The third kappa shape index (κ3) is 3.79. The number of thiophene rings is 1. The smallest absolute Gasteiger partial charge is 0.184 e. The van der Waals surface area contributed by atoms with Crippen molar-refractivity contribution in [3.8, 4) is 0 Å². The molecule has 0 aliphatic carbocycles. The van der Waals surface area contributed by atoms with Gasteiger partial charge >= 0.3 is 0 Å². The van der Waals surface area contributed by atoms with Crippen LogP contribution in [0.3, 0.4) is 0 Å². The fraction of sp³-hybridized carbons (Fsp3) is 0.375. The molecule has 0 saturated carbocycles. The maximum Gasteiger partial charge on any atom is 0.184 e. The van der Waals surface area contributed by atoms with Gasteiger partial charge in [0.05, 0.1) is 13.2 Å². The van der Waals surface area contributed by atoms with Crippen molar-refractivity contribution in [3.63, 3.8) is 0 Å². The Hall–Kier alpha value is -0.593. The lowest BCUT2D eigenvalue weighted by atomic mass is 10.3. The molecule has 112 valence electrons. The molecule has 0 amide bonds. The van der Waals surface area contributed by atoms with Crippen molar-refractivity contribution < 1.29 is 9.47 Å². The molecular weight excluding hydrogens is 316 g/mol. The van der Waals surface area contributed by atoms with Gasteiger partial charge in [0.2, 0.25) is 0 Å². The first kappa shape index (κ1) is 15.3. The van der Waals surface area contributed by atoms with E-state index in [-0.39, 0.29) is 6.29 Å². The van der Waals surface area contributed by atoms with Crippen LogP contribution in [-0.2, 0) is 9.47 Å². The first-order valence-electron chi connectivity index (χ1n) is 7.15. The van der Waals surface area contributed by atoms with E-state index in [1.807, 2.05) is 23.1 Å². The van der Waals surface area contributed by atoms with Crippen LogP contribution in [0, 0.1) is 0 Å². The Balaban J connectivity index is 1.66. The van der Waals surface area contributed by atoms with Gasteiger partial charge in [0, 0.05) is 10.5 Å². The molecule has 1 aromatic carbocycles. The van der Waals surface area contributed by atoms with Crippen LogP contribution in [0.25, 0.3) is 0 Å². The van der Waals surface area contributed by atoms with E-state index in [1.54, 1.807) is 0 Å². The summed E-state index contributed by atoms with van der Waals surface area (Å²) in [7, 11) is -1.42. The number of hydrogen-bond donors (Lipinski definition) is 0. The van der Waals surface area contributed by atoms with Gasteiger partial charge in [-0.2, -0.15) is 11.3 Å². The van der Waals surface area contributed by atoms with Crippen LogP contribution in [0.4, 0.5) is 0 Å². The van der Waals surface area contributed by atoms with Gasteiger partial charge in [-0.25, -0.2) is 0 Å².